The first-order valence-electron chi connectivity index (χ1n) is 6.07. The van der Waals surface area contributed by atoms with Crippen LogP contribution in [0.3, 0.4) is 0 Å². The molecule has 8 nitrogen and oxygen atoms in total. The minimum absolute atomic E-state index is 0.145. The molecule has 1 heterocycles. The van der Waals surface area contributed by atoms with Gasteiger partial charge in [0.15, 0.2) is 0 Å². The third-order valence-corrected chi connectivity index (χ3v) is 4.78. The van der Waals surface area contributed by atoms with Crippen LogP contribution in [0.1, 0.15) is 13.8 Å². The number of sulfonamides is 1. The number of benzene rings is 1. The zero-order valence-corrected chi connectivity index (χ0v) is 12.1. The van der Waals surface area contributed by atoms with Crippen molar-refractivity contribution < 1.29 is 22.8 Å². The predicted molar refractivity (Wildman–Crippen MR) is 72.6 cm³/mol. The van der Waals surface area contributed by atoms with Gasteiger partial charge in [0.25, 0.3) is 5.69 Å². The molecule has 0 spiro atoms. The molecule has 10 heteroatoms. The summed E-state index contributed by atoms with van der Waals surface area (Å²) in [6.45, 7) is 3.40. The standard InChI is InChI=1S/C11H12BN2O6S/c1-7(2)10-11(15)20-12-13(10)21(18,19)9-5-3-8(4-6-9)14(16)17/h3-7,10H,1-2H3/t10-/m0/s1. The molecule has 111 valence electrons. The van der Waals surface area contributed by atoms with Gasteiger partial charge in [0.1, 0.15) is 6.04 Å². The summed E-state index contributed by atoms with van der Waals surface area (Å²) < 4.78 is 30.5. The first-order chi connectivity index (χ1) is 9.75. The minimum atomic E-state index is -4.00. The van der Waals surface area contributed by atoms with Gasteiger partial charge in [-0.1, -0.05) is 13.8 Å². The van der Waals surface area contributed by atoms with Gasteiger partial charge >= 0.3 is 13.6 Å². The van der Waals surface area contributed by atoms with Crippen LogP contribution in [-0.2, 0) is 19.5 Å². The van der Waals surface area contributed by atoms with Crippen LogP contribution in [0.25, 0.3) is 0 Å². The number of nitro benzene ring substituents is 1. The molecule has 1 fully saturated rings. The Hall–Kier alpha value is -1.94. The van der Waals surface area contributed by atoms with Gasteiger partial charge in [-0.2, -0.15) is 4.22 Å². The van der Waals surface area contributed by atoms with Crippen LogP contribution in [-0.4, -0.2) is 37.2 Å². The van der Waals surface area contributed by atoms with Gasteiger partial charge in [0.05, 0.1) is 9.82 Å². The Bertz CT molecular complexity index is 672. The third-order valence-electron chi connectivity index (χ3n) is 3.04. The van der Waals surface area contributed by atoms with Crippen LogP contribution in [0.15, 0.2) is 29.2 Å². The van der Waals surface area contributed by atoms with E-state index in [1.807, 2.05) is 0 Å². The zero-order chi connectivity index (χ0) is 15.8. The summed E-state index contributed by atoms with van der Waals surface area (Å²) in [5.41, 5.74) is -0.216. The topological polar surface area (TPSA) is 107 Å². The summed E-state index contributed by atoms with van der Waals surface area (Å²) in [6.07, 6.45) is 0. The fraction of sp³-hybridized carbons (Fsp3) is 0.364. The molecule has 0 N–H and O–H groups in total. The SMILES string of the molecule is CC(C)[C@H]1C(=O)O[B]N1S(=O)(=O)c1ccc([N+](=O)[O-])cc1. The maximum absolute atomic E-state index is 12.5. The second kappa shape index (κ2) is 5.45. The molecular weight excluding hydrogens is 299 g/mol. The second-order valence-electron chi connectivity index (χ2n) is 4.82. The normalized spacial score (nSPS) is 19.4. The van der Waals surface area contributed by atoms with Crippen LogP contribution < -0.4 is 0 Å². The quantitative estimate of drug-likeness (QED) is 0.460. The van der Waals surface area contributed by atoms with Crippen molar-refractivity contribution in [2.75, 3.05) is 0 Å². The Labute approximate surface area is 122 Å². The lowest BCUT2D eigenvalue weighted by Crippen LogP contribution is -2.42. The summed E-state index contributed by atoms with van der Waals surface area (Å²) in [7, 11) is -3.13. The third kappa shape index (κ3) is 2.76. The summed E-state index contributed by atoms with van der Waals surface area (Å²) >= 11 is 0. The van der Waals surface area contributed by atoms with E-state index < -0.39 is 27.0 Å². The van der Waals surface area contributed by atoms with Crippen molar-refractivity contribution in [1.29, 1.82) is 0 Å². The molecule has 0 bridgehead atoms. The van der Waals surface area contributed by atoms with Gasteiger partial charge < -0.3 is 4.65 Å². The minimum Gasteiger partial charge on any atom is -0.520 e. The van der Waals surface area contributed by atoms with Gasteiger partial charge in [-0.25, -0.2) is 8.42 Å². The Kier molecular flexibility index (Phi) is 4.01. The van der Waals surface area contributed by atoms with Crippen molar-refractivity contribution in [2.45, 2.75) is 24.8 Å². The highest BCUT2D eigenvalue weighted by molar-refractivity contribution is 7.90. The average molecular weight is 311 g/mol. The monoisotopic (exact) mass is 311 g/mol. The molecule has 1 aliphatic heterocycles. The summed E-state index contributed by atoms with van der Waals surface area (Å²) in [5.74, 6) is -0.917. The number of carbonyl (C=O) groups is 1. The maximum Gasteiger partial charge on any atom is 0.498 e. The summed E-state index contributed by atoms with van der Waals surface area (Å²) in [5, 5.41) is 10.6. The van der Waals surface area contributed by atoms with E-state index in [1.165, 1.54) is 0 Å². The number of non-ortho nitro benzene ring substituents is 1. The maximum atomic E-state index is 12.5. The Morgan fingerprint density at radius 3 is 2.38 bits per heavy atom. The van der Waals surface area contributed by atoms with Crippen LogP contribution in [0.4, 0.5) is 5.69 Å². The lowest BCUT2D eigenvalue weighted by Gasteiger charge is -2.22. The van der Waals surface area contributed by atoms with Crippen LogP contribution in [0.5, 0.6) is 0 Å². The van der Waals surface area contributed by atoms with Crippen molar-refractivity contribution in [2.24, 2.45) is 5.92 Å². The van der Waals surface area contributed by atoms with E-state index >= 15 is 0 Å². The predicted octanol–water partition coefficient (Wildman–Crippen LogP) is 0.701. The summed E-state index contributed by atoms with van der Waals surface area (Å²) in [6, 6.07) is 3.50. The van der Waals surface area contributed by atoms with Gasteiger partial charge in [-0.3, -0.25) is 14.9 Å². The van der Waals surface area contributed by atoms with Gasteiger partial charge in [0, 0.05) is 12.1 Å². The van der Waals surface area contributed by atoms with Crippen molar-refractivity contribution in [3.05, 3.63) is 34.4 Å². The molecule has 21 heavy (non-hydrogen) atoms. The largest absolute Gasteiger partial charge is 0.520 e. The molecular formula is C11H12BN2O6S. The summed E-state index contributed by atoms with van der Waals surface area (Å²) in [4.78, 5) is 21.4. The Morgan fingerprint density at radius 2 is 1.90 bits per heavy atom. The highest BCUT2D eigenvalue weighted by Crippen LogP contribution is 2.26. The van der Waals surface area contributed by atoms with E-state index in [0.29, 0.717) is 0 Å². The smallest absolute Gasteiger partial charge is 0.498 e. The van der Waals surface area contributed by atoms with E-state index in [9.17, 15) is 23.3 Å². The molecule has 1 aromatic carbocycles. The molecule has 0 aromatic heterocycles. The Balaban J connectivity index is 2.37. The molecule has 1 radical (unpaired) electrons. The lowest BCUT2D eigenvalue weighted by molar-refractivity contribution is -0.384. The number of carbonyl (C=O) groups excluding carboxylic acids is 1. The van der Waals surface area contributed by atoms with Crippen molar-refractivity contribution in [3.63, 3.8) is 0 Å². The van der Waals surface area contributed by atoms with Crippen LogP contribution >= 0.6 is 0 Å². The van der Waals surface area contributed by atoms with Crippen molar-refractivity contribution >= 4 is 29.3 Å². The molecule has 0 saturated carbocycles. The fourth-order valence-corrected chi connectivity index (χ4v) is 3.49. The van der Waals surface area contributed by atoms with Gasteiger partial charge in [-0.05, 0) is 18.1 Å². The fourth-order valence-electron chi connectivity index (χ4n) is 1.98. The number of hydrogen-bond donors (Lipinski definition) is 0. The molecule has 1 atom stereocenters. The Morgan fingerprint density at radius 1 is 1.33 bits per heavy atom. The second-order valence-corrected chi connectivity index (χ2v) is 6.66. The molecule has 2 rings (SSSR count). The van der Waals surface area contributed by atoms with Crippen molar-refractivity contribution in [1.82, 2.24) is 4.22 Å². The van der Waals surface area contributed by atoms with E-state index in [4.69, 9.17) is 0 Å². The van der Waals surface area contributed by atoms with Crippen LogP contribution in [0, 0.1) is 16.0 Å². The first kappa shape index (κ1) is 15.5. The molecule has 0 unspecified atom stereocenters. The molecule has 0 aliphatic carbocycles. The number of nitrogens with zero attached hydrogens (tertiary/aromatic N) is 2. The number of hydrogen-bond acceptors (Lipinski definition) is 6. The van der Waals surface area contributed by atoms with Crippen LogP contribution in [0.2, 0.25) is 0 Å². The zero-order valence-electron chi connectivity index (χ0n) is 11.3. The highest BCUT2D eigenvalue weighted by Gasteiger charge is 2.46. The molecule has 1 aromatic rings. The number of nitro groups is 1. The van der Waals surface area contributed by atoms with E-state index in [0.717, 1.165) is 36.1 Å². The molecule has 0 amide bonds. The van der Waals surface area contributed by atoms with Gasteiger partial charge in [0.2, 0.25) is 10.0 Å². The van der Waals surface area contributed by atoms with Crippen molar-refractivity contribution in [3.8, 4) is 0 Å². The highest BCUT2D eigenvalue weighted by atomic mass is 32.2. The average Bonchev–Trinajstić information content (AvgIpc) is 2.81. The van der Waals surface area contributed by atoms with Gasteiger partial charge in [-0.15, -0.1) is 0 Å². The first-order valence-corrected chi connectivity index (χ1v) is 7.51. The molecule has 1 saturated heterocycles. The van der Waals surface area contributed by atoms with E-state index in [1.54, 1.807) is 13.8 Å². The number of rotatable bonds is 4. The molecule has 1 aliphatic rings. The van der Waals surface area contributed by atoms with E-state index in [-0.39, 0.29) is 16.5 Å². The lowest BCUT2D eigenvalue weighted by atomic mass is 10.0. The van der Waals surface area contributed by atoms with E-state index in [2.05, 4.69) is 4.65 Å².